The maximum atomic E-state index is 14.1. The molecule has 2 rings (SSSR count). The summed E-state index contributed by atoms with van der Waals surface area (Å²) < 4.78 is 14.1. The predicted molar refractivity (Wildman–Crippen MR) is 85.7 cm³/mol. The van der Waals surface area contributed by atoms with Crippen LogP contribution in [0.1, 0.15) is 19.4 Å². The van der Waals surface area contributed by atoms with Crippen LogP contribution in [-0.4, -0.2) is 64.6 Å². The van der Waals surface area contributed by atoms with Gasteiger partial charge >= 0.3 is 0 Å². The lowest BCUT2D eigenvalue weighted by molar-refractivity contribution is -0.156. The van der Waals surface area contributed by atoms with Gasteiger partial charge in [0.1, 0.15) is 18.2 Å². The molecule has 1 aliphatic heterocycles. The van der Waals surface area contributed by atoms with Crippen molar-refractivity contribution in [3.63, 3.8) is 0 Å². The predicted octanol–water partition coefficient (Wildman–Crippen LogP) is 0.498. The number of alkyl halides is 1. The van der Waals surface area contributed by atoms with Gasteiger partial charge in [-0.3, -0.25) is 9.69 Å². The molecule has 1 saturated heterocycles. The number of carbonyl (C=O) groups excluding carboxylic acids is 1. The van der Waals surface area contributed by atoms with Crippen LogP contribution >= 0.6 is 0 Å². The second-order valence-corrected chi connectivity index (χ2v) is 5.98. The molecule has 23 heavy (non-hydrogen) atoms. The molecule has 1 aromatic rings. The van der Waals surface area contributed by atoms with E-state index in [-0.39, 0.29) is 0 Å². The first-order valence-corrected chi connectivity index (χ1v) is 8.05. The van der Waals surface area contributed by atoms with Crippen molar-refractivity contribution < 1.29 is 19.4 Å². The van der Waals surface area contributed by atoms with Gasteiger partial charge in [-0.15, -0.1) is 0 Å². The molecule has 1 aromatic carbocycles. The minimum Gasteiger partial charge on any atom is -0.388 e. The van der Waals surface area contributed by atoms with Crippen molar-refractivity contribution in [3.8, 4) is 0 Å². The van der Waals surface area contributed by atoms with Crippen molar-refractivity contribution in [2.75, 3.05) is 13.1 Å². The minimum absolute atomic E-state index is 0.405. The van der Waals surface area contributed by atoms with E-state index in [9.17, 15) is 19.4 Å². The molecule has 5 nitrogen and oxygen atoms in total. The first-order valence-electron chi connectivity index (χ1n) is 8.05. The monoisotopic (exact) mass is 324 g/mol. The summed E-state index contributed by atoms with van der Waals surface area (Å²) in [5.74, 6) is -0.408. The van der Waals surface area contributed by atoms with E-state index in [0.717, 1.165) is 5.56 Å². The summed E-state index contributed by atoms with van der Waals surface area (Å²) >= 11 is 0. The number of nitrogens with one attached hydrogen (secondary N) is 1. The number of halogens is 1. The standard InChI is InChI=1S/C17H25FN2O3/c1-3-19-17(23)14-16(22)13(18)15(21)11(2)20(14)10-9-12-7-5-4-6-8-12/h4-8,11,13-16,21-22H,3,9-10H2,1-2H3,(H,19,23)/t11-,13-,14?,15+,16-/m1/s1. The summed E-state index contributed by atoms with van der Waals surface area (Å²) in [5.41, 5.74) is 1.08. The second-order valence-electron chi connectivity index (χ2n) is 5.98. The first kappa shape index (κ1) is 17.8. The molecule has 3 N–H and O–H groups in total. The number of aliphatic hydroxyl groups excluding tert-OH is 2. The lowest BCUT2D eigenvalue weighted by atomic mass is 9.88. The number of carbonyl (C=O) groups is 1. The van der Waals surface area contributed by atoms with Gasteiger partial charge in [0.2, 0.25) is 5.91 Å². The Morgan fingerprint density at radius 2 is 1.91 bits per heavy atom. The van der Waals surface area contributed by atoms with Crippen molar-refractivity contribution in [3.05, 3.63) is 35.9 Å². The van der Waals surface area contributed by atoms with Gasteiger partial charge in [0.15, 0.2) is 6.17 Å². The fourth-order valence-corrected chi connectivity index (χ4v) is 3.12. The zero-order chi connectivity index (χ0) is 17.0. The van der Waals surface area contributed by atoms with E-state index in [2.05, 4.69) is 5.32 Å². The average molecular weight is 324 g/mol. The van der Waals surface area contributed by atoms with Gasteiger partial charge in [-0.1, -0.05) is 30.3 Å². The molecule has 5 atom stereocenters. The van der Waals surface area contributed by atoms with Gasteiger partial charge in [0.25, 0.3) is 0 Å². The van der Waals surface area contributed by atoms with Gasteiger partial charge < -0.3 is 15.5 Å². The zero-order valence-electron chi connectivity index (χ0n) is 13.5. The van der Waals surface area contributed by atoms with Crippen LogP contribution in [0.5, 0.6) is 0 Å². The Morgan fingerprint density at radius 1 is 1.26 bits per heavy atom. The molecular formula is C17H25FN2O3. The number of likely N-dealkylation sites (N-methyl/N-ethyl adjacent to an activating group) is 1. The van der Waals surface area contributed by atoms with Crippen LogP contribution in [0.2, 0.25) is 0 Å². The number of benzene rings is 1. The molecule has 6 heteroatoms. The van der Waals surface area contributed by atoms with E-state index in [0.29, 0.717) is 19.5 Å². The lowest BCUT2D eigenvalue weighted by Gasteiger charge is -2.46. The van der Waals surface area contributed by atoms with Crippen LogP contribution in [-0.2, 0) is 11.2 Å². The van der Waals surface area contributed by atoms with E-state index >= 15 is 0 Å². The number of hydrogen-bond acceptors (Lipinski definition) is 4. The first-order chi connectivity index (χ1) is 11.0. The molecule has 1 aliphatic rings. The van der Waals surface area contributed by atoms with Gasteiger partial charge in [0, 0.05) is 19.1 Å². The van der Waals surface area contributed by atoms with Crippen molar-refractivity contribution in [1.82, 2.24) is 10.2 Å². The third kappa shape index (κ3) is 3.88. The van der Waals surface area contributed by atoms with Gasteiger partial charge in [-0.25, -0.2) is 4.39 Å². The van der Waals surface area contributed by atoms with E-state index < -0.39 is 36.4 Å². The number of likely N-dealkylation sites (tertiary alicyclic amines) is 1. The number of amides is 1. The Hall–Kier alpha value is -1.50. The third-order valence-electron chi connectivity index (χ3n) is 4.47. The Balaban J connectivity index is 2.17. The number of nitrogens with zero attached hydrogens (tertiary/aromatic N) is 1. The number of rotatable bonds is 5. The molecule has 0 aliphatic carbocycles. The minimum atomic E-state index is -1.83. The summed E-state index contributed by atoms with van der Waals surface area (Å²) in [7, 11) is 0. The van der Waals surface area contributed by atoms with Crippen LogP contribution in [0.25, 0.3) is 0 Å². The molecule has 0 radical (unpaired) electrons. The van der Waals surface area contributed by atoms with Crippen LogP contribution < -0.4 is 5.32 Å². The fourth-order valence-electron chi connectivity index (χ4n) is 3.12. The Morgan fingerprint density at radius 3 is 2.52 bits per heavy atom. The highest BCUT2D eigenvalue weighted by Gasteiger charge is 2.49. The smallest absolute Gasteiger partial charge is 0.240 e. The summed E-state index contributed by atoms with van der Waals surface area (Å²) in [6.45, 7) is 4.31. The largest absolute Gasteiger partial charge is 0.388 e. The van der Waals surface area contributed by atoms with E-state index in [1.54, 1.807) is 18.7 Å². The van der Waals surface area contributed by atoms with Gasteiger partial charge in [0.05, 0.1) is 0 Å². The number of aliphatic hydroxyl groups is 2. The molecule has 0 aromatic heterocycles. The summed E-state index contributed by atoms with van der Waals surface area (Å²) in [6, 6.07) is 8.18. The van der Waals surface area contributed by atoms with Gasteiger partial charge in [-0.05, 0) is 25.8 Å². The molecule has 0 saturated carbocycles. The maximum absolute atomic E-state index is 14.1. The van der Waals surface area contributed by atoms with Crippen molar-refractivity contribution in [2.45, 2.75) is 50.7 Å². The quantitative estimate of drug-likeness (QED) is 0.737. The van der Waals surface area contributed by atoms with Crippen LogP contribution in [0.3, 0.4) is 0 Å². The van der Waals surface area contributed by atoms with E-state index in [1.807, 2.05) is 30.3 Å². The summed E-state index contributed by atoms with van der Waals surface area (Å²) in [6.07, 6.45) is -4.03. The molecule has 1 amide bonds. The SMILES string of the molecule is CCNC(=O)C1[C@H](O)[C@H](F)[C@@H](O)[C@@H](C)N1CCc1ccccc1. The molecule has 128 valence electrons. The Labute approximate surface area is 136 Å². The highest BCUT2D eigenvalue weighted by molar-refractivity contribution is 5.82. The molecule has 0 spiro atoms. The topological polar surface area (TPSA) is 72.8 Å². The molecule has 1 unspecified atom stereocenters. The van der Waals surface area contributed by atoms with E-state index in [1.165, 1.54) is 0 Å². The molecule has 0 bridgehead atoms. The molecule has 1 heterocycles. The summed E-state index contributed by atoms with van der Waals surface area (Å²) in [4.78, 5) is 14.0. The summed E-state index contributed by atoms with van der Waals surface area (Å²) in [5, 5.41) is 22.8. The van der Waals surface area contributed by atoms with E-state index in [4.69, 9.17) is 0 Å². The molecular weight excluding hydrogens is 299 g/mol. The Kier molecular flexibility index (Phi) is 6.10. The van der Waals surface area contributed by atoms with Crippen LogP contribution in [0.4, 0.5) is 4.39 Å². The van der Waals surface area contributed by atoms with Crippen LogP contribution in [0, 0.1) is 0 Å². The zero-order valence-corrected chi connectivity index (χ0v) is 13.5. The van der Waals surface area contributed by atoms with Crippen molar-refractivity contribution >= 4 is 5.91 Å². The third-order valence-corrected chi connectivity index (χ3v) is 4.47. The number of hydrogen-bond donors (Lipinski definition) is 3. The fraction of sp³-hybridized carbons (Fsp3) is 0.588. The highest BCUT2D eigenvalue weighted by atomic mass is 19.1. The van der Waals surface area contributed by atoms with Crippen LogP contribution in [0.15, 0.2) is 30.3 Å². The average Bonchev–Trinajstić information content (AvgIpc) is 2.56. The Bertz CT molecular complexity index is 514. The maximum Gasteiger partial charge on any atom is 0.240 e. The highest BCUT2D eigenvalue weighted by Crippen LogP contribution is 2.27. The normalized spacial score (nSPS) is 31.8. The lowest BCUT2D eigenvalue weighted by Crippen LogP contribution is -2.68. The van der Waals surface area contributed by atoms with Crippen molar-refractivity contribution in [1.29, 1.82) is 0 Å². The van der Waals surface area contributed by atoms with Crippen molar-refractivity contribution in [2.24, 2.45) is 0 Å². The number of piperidine rings is 1. The molecule has 1 fully saturated rings. The van der Waals surface area contributed by atoms with Gasteiger partial charge in [-0.2, -0.15) is 0 Å². The second kappa shape index (κ2) is 7.86.